The third kappa shape index (κ3) is 3.98. The van der Waals surface area contributed by atoms with Gasteiger partial charge in [-0.1, -0.05) is 83.1 Å². The highest BCUT2D eigenvalue weighted by atomic mass is 16.1. The molecule has 3 aliphatic rings. The first-order valence-corrected chi connectivity index (χ1v) is 15.5. The second kappa shape index (κ2) is 9.12. The fourth-order valence-corrected chi connectivity index (χ4v) is 8.39. The van der Waals surface area contributed by atoms with Crippen LogP contribution in [0.15, 0.2) is 18.2 Å². The molecule has 0 heterocycles. The summed E-state index contributed by atoms with van der Waals surface area (Å²) < 4.78 is 0. The summed E-state index contributed by atoms with van der Waals surface area (Å²) in [6.07, 6.45) is 5.50. The van der Waals surface area contributed by atoms with Crippen molar-refractivity contribution in [2.45, 2.75) is 122 Å². The van der Waals surface area contributed by atoms with E-state index in [9.17, 15) is 14.4 Å². The Kier molecular flexibility index (Phi) is 7.06. The Morgan fingerprint density at radius 1 is 0.487 bits per heavy atom. The Balaban J connectivity index is 1.88. The Bertz CT molecular complexity index is 1040. The predicted octanol–water partition coefficient (Wildman–Crippen LogP) is 9.62. The van der Waals surface area contributed by atoms with Gasteiger partial charge in [0, 0.05) is 32.9 Å². The lowest BCUT2D eigenvalue weighted by atomic mass is 9.61. The van der Waals surface area contributed by atoms with Gasteiger partial charge in [-0.05, 0) is 90.7 Å². The van der Waals surface area contributed by atoms with Crippen LogP contribution in [0.1, 0.15) is 153 Å². The molecule has 216 valence electrons. The lowest BCUT2D eigenvalue weighted by molar-refractivity contribution is 0.0539. The molecule has 0 amide bonds. The van der Waals surface area contributed by atoms with Gasteiger partial charge in [0.1, 0.15) is 0 Å². The summed E-state index contributed by atoms with van der Waals surface area (Å²) in [5.74, 6) is 1.52. The van der Waals surface area contributed by atoms with Crippen LogP contribution in [0.4, 0.5) is 0 Å². The molecule has 3 saturated carbocycles. The van der Waals surface area contributed by atoms with Crippen molar-refractivity contribution in [2.24, 2.45) is 50.2 Å². The number of hydrogen-bond donors (Lipinski definition) is 0. The summed E-state index contributed by atoms with van der Waals surface area (Å²) >= 11 is 0. The highest BCUT2D eigenvalue weighted by molar-refractivity contribution is 6.10. The molecular formula is C36H54O3. The monoisotopic (exact) mass is 534 g/mol. The average Bonchev–Trinajstić information content (AvgIpc) is 3.33. The molecule has 3 fully saturated rings. The number of carbonyl (C=O) groups excluding carboxylic acids is 3. The molecule has 0 aromatic heterocycles. The maximum atomic E-state index is 14.4. The number of ketones is 3. The number of benzene rings is 1. The van der Waals surface area contributed by atoms with Crippen LogP contribution in [0, 0.1) is 50.2 Å². The minimum absolute atomic E-state index is 0.0777. The van der Waals surface area contributed by atoms with E-state index >= 15 is 0 Å². The van der Waals surface area contributed by atoms with Crippen LogP contribution in [-0.4, -0.2) is 17.3 Å². The van der Waals surface area contributed by atoms with Crippen molar-refractivity contribution >= 4 is 17.3 Å². The third-order valence-corrected chi connectivity index (χ3v) is 14.4. The zero-order chi connectivity index (χ0) is 29.6. The van der Waals surface area contributed by atoms with Gasteiger partial charge >= 0.3 is 0 Å². The van der Waals surface area contributed by atoms with E-state index in [4.69, 9.17) is 0 Å². The maximum absolute atomic E-state index is 14.4. The summed E-state index contributed by atoms with van der Waals surface area (Å²) in [5.41, 5.74) is -0.510. The fraction of sp³-hybridized carbons (Fsp3) is 0.750. The molecule has 1 aromatic carbocycles. The molecule has 0 aliphatic heterocycles. The van der Waals surface area contributed by atoms with Crippen molar-refractivity contribution in [3.05, 3.63) is 34.9 Å². The van der Waals surface area contributed by atoms with E-state index in [-0.39, 0.29) is 33.6 Å². The second-order valence-electron chi connectivity index (χ2n) is 16.3. The van der Waals surface area contributed by atoms with Gasteiger partial charge in [-0.15, -0.1) is 0 Å². The summed E-state index contributed by atoms with van der Waals surface area (Å²) in [6.45, 7) is 26.2. The minimum Gasteiger partial charge on any atom is -0.294 e. The maximum Gasteiger partial charge on any atom is 0.169 e. The summed E-state index contributed by atoms with van der Waals surface area (Å²) in [4.78, 5) is 43.3. The molecule has 0 radical (unpaired) electrons. The molecule has 6 atom stereocenters. The molecule has 0 saturated heterocycles. The summed E-state index contributed by atoms with van der Waals surface area (Å²) in [6, 6.07) is 5.50. The molecular weight excluding hydrogens is 480 g/mol. The molecule has 3 aliphatic carbocycles. The smallest absolute Gasteiger partial charge is 0.169 e. The quantitative estimate of drug-likeness (QED) is 0.341. The molecule has 1 aromatic rings. The van der Waals surface area contributed by atoms with Gasteiger partial charge in [-0.2, -0.15) is 0 Å². The first kappa shape index (κ1) is 30.2. The normalized spacial score (nSPS) is 38.6. The molecule has 0 bridgehead atoms. The molecule has 3 nitrogen and oxygen atoms in total. The van der Waals surface area contributed by atoms with Crippen molar-refractivity contribution in [3.63, 3.8) is 0 Å². The lowest BCUT2D eigenvalue weighted by Gasteiger charge is -2.41. The van der Waals surface area contributed by atoms with Crippen LogP contribution >= 0.6 is 0 Å². The third-order valence-electron chi connectivity index (χ3n) is 14.4. The first-order valence-electron chi connectivity index (χ1n) is 15.5. The zero-order valence-corrected chi connectivity index (χ0v) is 26.9. The number of rotatable bonds is 6. The topological polar surface area (TPSA) is 51.2 Å². The van der Waals surface area contributed by atoms with Gasteiger partial charge in [0.2, 0.25) is 0 Å². The van der Waals surface area contributed by atoms with Gasteiger partial charge in [0.15, 0.2) is 17.3 Å². The van der Waals surface area contributed by atoms with Crippen LogP contribution < -0.4 is 0 Å². The largest absolute Gasteiger partial charge is 0.294 e. The molecule has 39 heavy (non-hydrogen) atoms. The van der Waals surface area contributed by atoms with E-state index in [1.807, 2.05) is 18.2 Å². The Morgan fingerprint density at radius 3 is 0.846 bits per heavy atom. The number of carbonyl (C=O) groups is 3. The molecule has 6 unspecified atom stereocenters. The van der Waals surface area contributed by atoms with Crippen LogP contribution in [0.2, 0.25) is 0 Å². The van der Waals surface area contributed by atoms with E-state index in [0.717, 1.165) is 38.5 Å². The zero-order valence-electron chi connectivity index (χ0n) is 26.9. The van der Waals surface area contributed by atoms with E-state index in [1.54, 1.807) is 0 Å². The summed E-state index contributed by atoms with van der Waals surface area (Å²) in [5, 5.41) is 0. The van der Waals surface area contributed by atoms with Gasteiger partial charge < -0.3 is 0 Å². The van der Waals surface area contributed by atoms with Gasteiger partial charge in [0.05, 0.1) is 0 Å². The van der Waals surface area contributed by atoms with Crippen molar-refractivity contribution in [1.82, 2.24) is 0 Å². The standard InChI is InChI=1S/C36H54O3/c1-22-13-16-34(10,31(22,4)5)28(37)25-19-26(29(38)35(11)17-14-23(2)32(35,6)7)21-27(20-25)30(39)36(12)18-15-24(3)33(36,8)9/h19-24H,13-18H2,1-12H3. The minimum atomic E-state index is -0.537. The fourth-order valence-electron chi connectivity index (χ4n) is 8.39. The van der Waals surface area contributed by atoms with Crippen molar-refractivity contribution < 1.29 is 14.4 Å². The van der Waals surface area contributed by atoms with E-state index in [0.29, 0.717) is 34.4 Å². The highest BCUT2D eigenvalue weighted by Crippen LogP contribution is 2.60. The molecule has 4 rings (SSSR count). The summed E-state index contributed by atoms with van der Waals surface area (Å²) in [7, 11) is 0. The van der Waals surface area contributed by atoms with E-state index < -0.39 is 16.2 Å². The van der Waals surface area contributed by atoms with E-state index in [1.165, 1.54) is 0 Å². The van der Waals surface area contributed by atoms with Crippen molar-refractivity contribution in [3.8, 4) is 0 Å². The number of hydrogen-bond acceptors (Lipinski definition) is 3. The second-order valence-corrected chi connectivity index (χ2v) is 16.3. The predicted molar refractivity (Wildman–Crippen MR) is 160 cm³/mol. The Morgan fingerprint density at radius 2 is 0.692 bits per heavy atom. The first-order chi connectivity index (χ1) is 17.7. The highest BCUT2D eigenvalue weighted by Gasteiger charge is 2.57. The van der Waals surface area contributed by atoms with Crippen molar-refractivity contribution in [2.75, 3.05) is 0 Å². The van der Waals surface area contributed by atoms with Crippen molar-refractivity contribution in [1.29, 1.82) is 0 Å². The lowest BCUT2D eigenvalue weighted by Crippen LogP contribution is -2.42. The molecule has 0 N–H and O–H groups in total. The Hall–Kier alpha value is -1.77. The van der Waals surface area contributed by atoms with Gasteiger partial charge in [-0.25, -0.2) is 0 Å². The SMILES string of the molecule is CC1CCC(C)(C(=O)c2cc(C(=O)C3(C)CCC(C)C3(C)C)cc(C(=O)C3(C)CCC(C)C3(C)C)c2)C1(C)C. The van der Waals surface area contributed by atoms with Crippen LogP contribution in [0.25, 0.3) is 0 Å². The molecule has 3 heteroatoms. The van der Waals surface area contributed by atoms with Crippen LogP contribution in [-0.2, 0) is 0 Å². The average molecular weight is 535 g/mol. The Labute approximate surface area is 238 Å². The van der Waals surface area contributed by atoms with E-state index in [2.05, 4.69) is 83.1 Å². The van der Waals surface area contributed by atoms with Gasteiger partial charge in [-0.3, -0.25) is 14.4 Å². The molecule has 0 spiro atoms. The van der Waals surface area contributed by atoms with Crippen LogP contribution in [0.3, 0.4) is 0 Å². The number of Topliss-reactive ketones (excluding diaryl/α,β-unsaturated/α-hetero) is 3. The van der Waals surface area contributed by atoms with Crippen LogP contribution in [0.5, 0.6) is 0 Å². The van der Waals surface area contributed by atoms with Gasteiger partial charge in [0.25, 0.3) is 0 Å².